The van der Waals surface area contributed by atoms with Crippen molar-refractivity contribution in [3.8, 4) is 11.5 Å². The van der Waals surface area contributed by atoms with Crippen molar-refractivity contribution < 1.29 is 14.3 Å². The monoisotopic (exact) mass is 384 g/mol. The Labute approximate surface area is 161 Å². The average Bonchev–Trinajstić information content (AvgIpc) is 2.70. The molecule has 7 nitrogen and oxygen atoms in total. The quantitative estimate of drug-likeness (QED) is 0.664. The number of nitrogens with zero attached hydrogens (tertiary/aromatic N) is 2. The Morgan fingerprint density at radius 1 is 1.00 bits per heavy atom. The molecule has 0 atom stereocenters. The van der Waals surface area contributed by atoms with Crippen molar-refractivity contribution in [2.75, 3.05) is 24.9 Å². The molecule has 1 heterocycles. The van der Waals surface area contributed by atoms with E-state index in [0.29, 0.717) is 39.4 Å². The maximum absolute atomic E-state index is 12.3. The number of nitrogens with one attached hydrogen (secondary N) is 2. The lowest BCUT2D eigenvalue weighted by Gasteiger charge is -2.11. The van der Waals surface area contributed by atoms with Crippen LogP contribution in [0, 0.1) is 0 Å². The van der Waals surface area contributed by atoms with Gasteiger partial charge in [-0.05, 0) is 24.3 Å². The molecule has 0 radical (unpaired) electrons. The maximum Gasteiger partial charge on any atom is 0.258 e. The number of carbonyl (C=O) groups excluding carboxylic acids is 1. The summed E-state index contributed by atoms with van der Waals surface area (Å²) in [5, 5.41) is 6.22. The summed E-state index contributed by atoms with van der Waals surface area (Å²) in [5.74, 6) is 1.23. The molecular weight excluding hydrogens is 368 g/mol. The fourth-order valence-electron chi connectivity index (χ4n) is 2.29. The van der Waals surface area contributed by atoms with Crippen molar-refractivity contribution in [2.45, 2.75) is 0 Å². The van der Waals surface area contributed by atoms with Gasteiger partial charge in [-0.1, -0.05) is 23.7 Å². The Bertz CT molecular complexity index is 948. The zero-order chi connectivity index (χ0) is 19.2. The first kappa shape index (κ1) is 18.5. The predicted octanol–water partition coefficient (Wildman–Crippen LogP) is 4.14. The van der Waals surface area contributed by atoms with Crippen LogP contribution in [-0.2, 0) is 0 Å². The minimum atomic E-state index is -0.350. The normalized spacial score (nSPS) is 10.2. The number of benzene rings is 2. The average molecular weight is 385 g/mol. The van der Waals surface area contributed by atoms with Crippen LogP contribution in [0.2, 0.25) is 5.02 Å². The summed E-state index contributed by atoms with van der Waals surface area (Å²) in [7, 11) is 3.14. The van der Waals surface area contributed by atoms with Crippen molar-refractivity contribution in [1.82, 2.24) is 9.97 Å². The molecule has 27 heavy (non-hydrogen) atoms. The molecular formula is C19H17ClN4O3. The molecule has 8 heteroatoms. The highest BCUT2D eigenvalue weighted by Crippen LogP contribution is 2.30. The van der Waals surface area contributed by atoms with E-state index in [4.69, 9.17) is 21.1 Å². The Morgan fingerprint density at radius 3 is 2.41 bits per heavy atom. The smallest absolute Gasteiger partial charge is 0.258 e. The molecule has 0 saturated heterocycles. The summed E-state index contributed by atoms with van der Waals surface area (Å²) in [6, 6.07) is 12.3. The van der Waals surface area contributed by atoms with E-state index >= 15 is 0 Å². The summed E-state index contributed by atoms with van der Waals surface area (Å²) in [4.78, 5) is 20.7. The van der Waals surface area contributed by atoms with Gasteiger partial charge in [0.25, 0.3) is 5.91 Å². The molecule has 2 aromatic carbocycles. The molecule has 0 fully saturated rings. The van der Waals surface area contributed by atoms with Crippen molar-refractivity contribution >= 4 is 34.8 Å². The highest BCUT2D eigenvalue weighted by atomic mass is 35.5. The molecule has 0 saturated carbocycles. The van der Waals surface area contributed by atoms with Crippen molar-refractivity contribution in [2.24, 2.45) is 0 Å². The first-order valence-corrected chi connectivity index (χ1v) is 8.35. The van der Waals surface area contributed by atoms with Gasteiger partial charge in [0.05, 0.1) is 36.2 Å². The van der Waals surface area contributed by atoms with Crippen LogP contribution in [0.1, 0.15) is 10.4 Å². The number of anilines is 3. The minimum Gasteiger partial charge on any atom is -0.497 e. The number of rotatable bonds is 6. The van der Waals surface area contributed by atoms with E-state index in [1.807, 2.05) is 0 Å². The predicted molar refractivity (Wildman–Crippen MR) is 104 cm³/mol. The van der Waals surface area contributed by atoms with Gasteiger partial charge in [-0.3, -0.25) is 4.79 Å². The van der Waals surface area contributed by atoms with E-state index in [-0.39, 0.29) is 5.91 Å². The van der Waals surface area contributed by atoms with Gasteiger partial charge in [0.15, 0.2) is 0 Å². The van der Waals surface area contributed by atoms with Crippen LogP contribution in [0.15, 0.2) is 54.9 Å². The van der Waals surface area contributed by atoms with Gasteiger partial charge in [0.2, 0.25) is 5.95 Å². The number of amides is 1. The second-order valence-electron chi connectivity index (χ2n) is 5.42. The van der Waals surface area contributed by atoms with Crippen LogP contribution in [0.3, 0.4) is 0 Å². The summed E-state index contributed by atoms with van der Waals surface area (Å²) in [5.41, 5.74) is 1.50. The number of carbonyl (C=O) groups is 1. The first-order chi connectivity index (χ1) is 13.1. The molecule has 138 valence electrons. The molecule has 1 aromatic heterocycles. The van der Waals surface area contributed by atoms with E-state index < -0.39 is 0 Å². The molecule has 0 aliphatic heterocycles. The van der Waals surface area contributed by atoms with Gasteiger partial charge in [-0.25, -0.2) is 9.97 Å². The highest BCUT2D eigenvalue weighted by molar-refractivity contribution is 6.33. The minimum absolute atomic E-state index is 0.308. The number of para-hydroxylation sites is 1. The first-order valence-electron chi connectivity index (χ1n) is 7.97. The standard InChI is InChI=1S/C19H17ClN4O3/c1-26-13-7-8-16(17(9-13)27-2)24-19-21-10-12(11-22-19)18(25)23-15-6-4-3-5-14(15)20/h3-11H,1-2H3,(H,23,25)(H,21,22,24). The summed E-state index contributed by atoms with van der Waals surface area (Å²) in [6.45, 7) is 0. The van der Waals surface area contributed by atoms with Gasteiger partial charge >= 0.3 is 0 Å². The Balaban J connectivity index is 1.72. The molecule has 3 aromatic rings. The van der Waals surface area contributed by atoms with Crippen LogP contribution in [0.4, 0.5) is 17.3 Å². The van der Waals surface area contributed by atoms with Crippen LogP contribution in [0.25, 0.3) is 0 Å². The topological polar surface area (TPSA) is 85.4 Å². The van der Waals surface area contributed by atoms with Crippen LogP contribution < -0.4 is 20.1 Å². The molecule has 0 bridgehead atoms. The second-order valence-corrected chi connectivity index (χ2v) is 5.83. The molecule has 0 aliphatic carbocycles. The number of halogens is 1. The summed E-state index contributed by atoms with van der Waals surface area (Å²) >= 11 is 6.04. The molecule has 0 aliphatic rings. The van der Waals surface area contributed by atoms with Gasteiger partial charge in [0, 0.05) is 18.5 Å². The van der Waals surface area contributed by atoms with E-state index in [2.05, 4.69) is 20.6 Å². The lowest BCUT2D eigenvalue weighted by atomic mass is 10.2. The fourth-order valence-corrected chi connectivity index (χ4v) is 2.47. The molecule has 1 amide bonds. The van der Waals surface area contributed by atoms with Crippen LogP contribution in [-0.4, -0.2) is 30.1 Å². The Hall–Kier alpha value is -3.32. The second kappa shape index (κ2) is 8.37. The molecule has 0 spiro atoms. The van der Waals surface area contributed by atoms with Crippen molar-refractivity contribution in [3.05, 3.63) is 65.4 Å². The zero-order valence-corrected chi connectivity index (χ0v) is 15.4. The third-order valence-corrected chi connectivity index (χ3v) is 4.02. The number of hydrogen-bond acceptors (Lipinski definition) is 6. The zero-order valence-electron chi connectivity index (χ0n) is 14.7. The van der Waals surface area contributed by atoms with Crippen LogP contribution >= 0.6 is 11.6 Å². The Morgan fingerprint density at radius 2 is 1.74 bits per heavy atom. The third-order valence-electron chi connectivity index (χ3n) is 3.69. The van der Waals surface area contributed by atoms with Crippen molar-refractivity contribution in [1.29, 1.82) is 0 Å². The molecule has 0 unspecified atom stereocenters. The van der Waals surface area contributed by atoms with Gasteiger partial charge in [0.1, 0.15) is 11.5 Å². The van der Waals surface area contributed by atoms with Gasteiger partial charge in [-0.15, -0.1) is 0 Å². The van der Waals surface area contributed by atoms with Crippen LogP contribution in [0.5, 0.6) is 11.5 Å². The summed E-state index contributed by atoms with van der Waals surface area (Å²) in [6.07, 6.45) is 2.86. The lowest BCUT2D eigenvalue weighted by molar-refractivity contribution is 0.102. The third kappa shape index (κ3) is 4.45. The van der Waals surface area contributed by atoms with E-state index in [0.717, 1.165) is 0 Å². The van der Waals surface area contributed by atoms with E-state index in [1.165, 1.54) is 12.4 Å². The number of hydrogen-bond donors (Lipinski definition) is 2. The lowest BCUT2D eigenvalue weighted by Crippen LogP contribution is -2.13. The fraction of sp³-hybridized carbons (Fsp3) is 0.105. The highest BCUT2D eigenvalue weighted by Gasteiger charge is 2.11. The Kier molecular flexibility index (Phi) is 5.73. The van der Waals surface area contributed by atoms with E-state index in [1.54, 1.807) is 56.7 Å². The van der Waals surface area contributed by atoms with Crippen molar-refractivity contribution in [3.63, 3.8) is 0 Å². The number of methoxy groups -OCH3 is 2. The largest absolute Gasteiger partial charge is 0.497 e. The number of aromatic nitrogens is 2. The molecule has 3 rings (SSSR count). The maximum atomic E-state index is 12.3. The van der Waals surface area contributed by atoms with E-state index in [9.17, 15) is 4.79 Å². The van der Waals surface area contributed by atoms with Gasteiger partial charge in [-0.2, -0.15) is 0 Å². The number of ether oxygens (including phenoxy) is 2. The summed E-state index contributed by atoms with van der Waals surface area (Å²) < 4.78 is 10.5. The van der Waals surface area contributed by atoms with Gasteiger partial charge < -0.3 is 20.1 Å². The molecule has 2 N–H and O–H groups in total. The SMILES string of the molecule is COc1ccc(Nc2ncc(C(=O)Nc3ccccc3Cl)cn2)c(OC)c1.